The van der Waals surface area contributed by atoms with Crippen LogP contribution in [0.5, 0.6) is 0 Å². The van der Waals surface area contributed by atoms with E-state index in [-0.39, 0.29) is 51.6 Å². The van der Waals surface area contributed by atoms with Crippen molar-refractivity contribution in [3.05, 3.63) is 34.4 Å². The Morgan fingerprint density at radius 1 is 1.18 bits per heavy atom. The summed E-state index contributed by atoms with van der Waals surface area (Å²) < 4.78 is 12.5. The topological polar surface area (TPSA) is 88.5 Å². The van der Waals surface area contributed by atoms with Crippen LogP contribution >= 0.6 is 0 Å². The number of hydrogen-bond donors (Lipinski definition) is 0. The number of hydrogen-bond acceptors (Lipinski definition) is 7. The molecule has 1 spiro atoms. The average Bonchev–Trinajstić information content (AvgIpc) is 3.49. The summed E-state index contributed by atoms with van der Waals surface area (Å²) in [7, 11) is 0. The van der Waals surface area contributed by atoms with Crippen LogP contribution in [0.25, 0.3) is 0 Å². The van der Waals surface area contributed by atoms with E-state index in [9.17, 15) is 14.9 Å². The molecule has 1 aromatic rings. The molecule has 3 heterocycles. The lowest BCUT2D eigenvalue weighted by atomic mass is 9.53. The van der Waals surface area contributed by atoms with Crippen molar-refractivity contribution in [1.82, 2.24) is 4.90 Å². The number of esters is 1. The second-order valence-corrected chi connectivity index (χ2v) is 11.1. The predicted molar refractivity (Wildman–Crippen MR) is 122 cm³/mol. The van der Waals surface area contributed by atoms with Crippen molar-refractivity contribution in [3.63, 3.8) is 0 Å². The van der Waals surface area contributed by atoms with E-state index >= 15 is 0 Å². The second kappa shape index (κ2) is 7.40. The lowest BCUT2D eigenvalue weighted by Crippen LogP contribution is -2.55. The summed E-state index contributed by atoms with van der Waals surface area (Å²) in [5.41, 5.74) is 1.20. The van der Waals surface area contributed by atoms with E-state index in [0.29, 0.717) is 5.92 Å². The quantitative estimate of drug-likeness (QED) is 0.298. The highest BCUT2D eigenvalue weighted by Gasteiger charge is 2.78. The fraction of sp³-hybridized carbons (Fsp3) is 0.720. The minimum absolute atomic E-state index is 0.000163. The third-order valence-electron chi connectivity index (χ3n) is 9.45. The van der Waals surface area contributed by atoms with Crippen molar-refractivity contribution in [2.75, 3.05) is 37.6 Å². The van der Waals surface area contributed by atoms with Crippen LogP contribution in [0.3, 0.4) is 0 Å². The summed E-state index contributed by atoms with van der Waals surface area (Å²) in [6, 6.07) is 6.76. The molecule has 0 radical (unpaired) electrons. The van der Waals surface area contributed by atoms with E-state index in [1.54, 1.807) is 12.1 Å². The van der Waals surface area contributed by atoms with Gasteiger partial charge in [-0.25, -0.2) is 0 Å². The Morgan fingerprint density at radius 3 is 2.61 bits per heavy atom. The Kier molecular flexibility index (Phi) is 4.79. The van der Waals surface area contributed by atoms with Gasteiger partial charge in [-0.2, -0.15) is 0 Å². The van der Waals surface area contributed by atoms with Gasteiger partial charge in [0, 0.05) is 61.9 Å². The molecule has 5 fully saturated rings. The number of piperazine rings is 1. The first-order valence-corrected chi connectivity index (χ1v) is 12.4. The SMILES string of the molecule is C[C@H]1CCC[C@]2(C)C[C@H]3OC(=O)C(CN4CCN(c5ccc([N+](=O)[O-])cc5)CC4)[C@H]3[C@@H]3O[C@@]132. The van der Waals surface area contributed by atoms with Gasteiger partial charge in [0.1, 0.15) is 11.7 Å². The Morgan fingerprint density at radius 2 is 1.91 bits per heavy atom. The summed E-state index contributed by atoms with van der Waals surface area (Å²) in [4.78, 5) is 28.1. The first kappa shape index (κ1) is 21.4. The number of rotatable bonds is 4. The maximum atomic E-state index is 13.0. The molecular formula is C25H33N3O5. The van der Waals surface area contributed by atoms with E-state index in [0.717, 1.165) is 44.8 Å². The normalized spacial score (nSPS) is 42.2. The first-order chi connectivity index (χ1) is 15.8. The summed E-state index contributed by atoms with van der Waals surface area (Å²) in [5, 5.41) is 10.9. The second-order valence-electron chi connectivity index (χ2n) is 11.1. The number of epoxide rings is 1. The number of nitrogens with zero attached hydrogens (tertiary/aromatic N) is 3. The van der Waals surface area contributed by atoms with Crippen LogP contribution in [-0.2, 0) is 14.3 Å². The van der Waals surface area contributed by atoms with Gasteiger partial charge in [-0.15, -0.1) is 0 Å². The maximum absolute atomic E-state index is 13.0. The van der Waals surface area contributed by atoms with E-state index < -0.39 is 0 Å². The molecule has 1 unspecified atom stereocenters. The molecule has 33 heavy (non-hydrogen) atoms. The van der Waals surface area contributed by atoms with Crippen LogP contribution < -0.4 is 4.90 Å². The molecule has 178 valence electrons. The van der Waals surface area contributed by atoms with Crippen molar-refractivity contribution >= 4 is 17.3 Å². The van der Waals surface area contributed by atoms with Gasteiger partial charge < -0.3 is 14.4 Å². The highest BCUT2D eigenvalue weighted by atomic mass is 16.6. The first-order valence-electron chi connectivity index (χ1n) is 12.4. The zero-order valence-electron chi connectivity index (χ0n) is 19.4. The molecule has 8 heteroatoms. The molecular weight excluding hydrogens is 422 g/mol. The third-order valence-corrected chi connectivity index (χ3v) is 9.45. The molecule has 2 aliphatic carbocycles. The molecule has 1 aromatic carbocycles. The maximum Gasteiger partial charge on any atom is 0.311 e. The molecule has 2 saturated carbocycles. The average molecular weight is 456 g/mol. The summed E-state index contributed by atoms with van der Waals surface area (Å²) in [6.07, 6.45) is 4.73. The van der Waals surface area contributed by atoms with Crippen molar-refractivity contribution in [1.29, 1.82) is 0 Å². The molecule has 0 amide bonds. The molecule has 0 N–H and O–H groups in total. The molecule has 8 nitrogen and oxygen atoms in total. The van der Waals surface area contributed by atoms with E-state index in [4.69, 9.17) is 9.47 Å². The van der Waals surface area contributed by atoms with Crippen LogP contribution in [0.4, 0.5) is 11.4 Å². The van der Waals surface area contributed by atoms with Crippen molar-refractivity contribution < 1.29 is 19.2 Å². The summed E-state index contributed by atoms with van der Waals surface area (Å²) >= 11 is 0. The molecule has 3 saturated heterocycles. The predicted octanol–water partition coefficient (Wildman–Crippen LogP) is 3.24. The van der Waals surface area contributed by atoms with Gasteiger partial charge in [0.25, 0.3) is 5.69 Å². The van der Waals surface area contributed by atoms with E-state index in [1.165, 1.54) is 19.3 Å². The zero-order chi connectivity index (χ0) is 23.0. The monoisotopic (exact) mass is 455 g/mol. The molecule has 7 atom stereocenters. The number of ether oxygens (including phenoxy) is 2. The Labute approximate surface area is 194 Å². The fourth-order valence-corrected chi connectivity index (χ4v) is 7.69. The van der Waals surface area contributed by atoms with Gasteiger partial charge in [-0.05, 0) is 37.3 Å². The Balaban J connectivity index is 1.11. The van der Waals surface area contributed by atoms with Crippen LogP contribution in [0.15, 0.2) is 24.3 Å². The van der Waals surface area contributed by atoms with Gasteiger partial charge in [0.05, 0.1) is 16.9 Å². The lowest BCUT2D eigenvalue weighted by Gasteiger charge is -2.49. The van der Waals surface area contributed by atoms with Crippen LogP contribution in [-0.4, -0.2) is 66.3 Å². The largest absolute Gasteiger partial charge is 0.462 e. The van der Waals surface area contributed by atoms with Gasteiger partial charge in [0.15, 0.2) is 0 Å². The Hall–Kier alpha value is -2.19. The number of carbonyl (C=O) groups is 1. The smallest absolute Gasteiger partial charge is 0.311 e. The highest BCUT2D eigenvalue weighted by Crippen LogP contribution is 2.70. The molecule has 5 aliphatic rings. The summed E-state index contributed by atoms with van der Waals surface area (Å²) in [6.45, 7) is 8.83. The summed E-state index contributed by atoms with van der Waals surface area (Å²) in [5.74, 6) is 0.579. The van der Waals surface area contributed by atoms with Crippen molar-refractivity contribution in [2.24, 2.45) is 23.2 Å². The van der Waals surface area contributed by atoms with Crippen molar-refractivity contribution in [3.8, 4) is 0 Å². The number of anilines is 1. The van der Waals surface area contributed by atoms with Gasteiger partial charge in [-0.3, -0.25) is 19.8 Å². The number of fused-ring (bicyclic) bond motifs is 2. The number of carbonyl (C=O) groups excluding carboxylic acids is 1. The Bertz CT molecular complexity index is 961. The minimum atomic E-state index is -0.370. The molecule has 0 bridgehead atoms. The van der Waals surface area contributed by atoms with E-state index in [1.807, 2.05) is 12.1 Å². The van der Waals surface area contributed by atoms with Gasteiger partial charge in [0.2, 0.25) is 0 Å². The van der Waals surface area contributed by atoms with E-state index in [2.05, 4.69) is 23.6 Å². The van der Waals surface area contributed by atoms with Gasteiger partial charge >= 0.3 is 5.97 Å². The van der Waals surface area contributed by atoms with Crippen LogP contribution in [0.2, 0.25) is 0 Å². The number of nitro benzene ring substituents is 1. The lowest BCUT2D eigenvalue weighted by molar-refractivity contribution is -0.384. The molecule has 6 rings (SSSR count). The fourth-order valence-electron chi connectivity index (χ4n) is 7.69. The van der Waals surface area contributed by atoms with Crippen LogP contribution in [0.1, 0.15) is 39.5 Å². The molecule has 0 aromatic heterocycles. The standard InChI is InChI=1S/C25H33N3O5/c1-16-4-3-9-24(2)14-20-21(22-25(16,24)33-22)19(23(29)32-20)15-26-10-12-27(13-11-26)17-5-7-18(8-6-17)28(30)31/h5-8,16,19-22H,3-4,9-15H2,1-2H3/t16-,19?,20+,21+,22-,24+,25-/m0/s1. The number of benzene rings is 1. The van der Waals surface area contributed by atoms with Crippen LogP contribution in [0, 0.1) is 33.3 Å². The minimum Gasteiger partial charge on any atom is -0.462 e. The van der Waals surface area contributed by atoms with Gasteiger partial charge in [-0.1, -0.05) is 20.3 Å². The zero-order valence-corrected chi connectivity index (χ0v) is 19.4. The third kappa shape index (κ3) is 3.13. The highest BCUT2D eigenvalue weighted by molar-refractivity contribution is 5.76. The van der Waals surface area contributed by atoms with Crippen molar-refractivity contribution in [2.45, 2.75) is 57.3 Å². The number of non-ortho nitro benzene ring substituents is 1. The molecule has 3 aliphatic heterocycles. The number of nitro groups is 1.